The van der Waals surface area contributed by atoms with Crippen LogP contribution in [0.2, 0.25) is 0 Å². The highest BCUT2D eigenvalue weighted by atomic mass is 31.2. The van der Waals surface area contributed by atoms with E-state index in [9.17, 15) is 9.36 Å². The topological polar surface area (TPSA) is 84.9 Å². The maximum atomic E-state index is 10.7. The molecule has 7 heteroatoms. The van der Waals surface area contributed by atoms with Gasteiger partial charge in [-0.2, -0.15) is 5.48 Å². The SMILES string of the molecule is CCOC(=O)P(=O)(O)ONC. The summed E-state index contributed by atoms with van der Waals surface area (Å²) in [5.74, 6) is 0. The molecule has 0 bridgehead atoms. The van der Waals surface area contributed by atoms with Gasteiger partial charge in [-0.15, -0.1) is 0 Å². The Morgan fingerprint density at radius 2 is 2.27 bits per heavy atom. The highest BCUT2D eigenvalue weighted by molar-refractivity contribution is 7.70. The molecule has 0 heterocycles. The van der Waals surface area contributed by atoms with E-state index >= 15 is 0 Å². The van der Waals surface area contributed by atoms with E-state index in [1.807, 2.05) is 5.48 Å². The Balaban J connectivity index is 4.07. The molecule has 0 fully saturated rings. The van der Waals surface area contributed by atoms with Crippen LogP contribution in [0.3, 0.4) is 0 Å². The summed E-state index contributed by atoms with van der Waals surface area (Å²) in [6.45, 7) is 1.56. The van der Waals surface area contributed by atoms with Crippen LogP contribution in [0.5, 0.6) is 0 Å². The molecule has 0 radical (unpaired) electrons. The zero-order valence-electron chi connectivity index (χ0n) is 6.23. The highest BCUT2D eigenvalue weighted by Crippen LogP contribution is 2.42. The van der Waals surface area contributed by atoms with Crippen molar-refractivity contribution in [2.24, 2.45) is 0 Å². The lowest BCUT2D eigenvalue weighted by atomic mass is 10.9. The summed E-state index contributed by atoms with van der Waals surface area (Å²) in [6.07, 6.45) is 0. The maximum absolute atomic E-state index is 10.7. The molecule has 1 atom stereocenters. The third kappa shape index (κ3) is 3.48. The molecule has 0 rings (SSSR count). The van der Waals surface area contributed by atoms with Crippen LogP contribution in [0, 0.1) is 0 Å². The van der Waals surface area contributed by atoms with E-state index in [-0.39, 0.29) is 6.61 Å². The van der Waals surface area contributed by atoms with Crippen molar-refractivity contribution in [1.29, 1.82) is 0 Å². The fraction of sp³-hybridized carbons (Fsp3) is 0.750. The zero-order chi connectivity index (χ0) is 8.91. The average Bonchev–Trinajstić information content (AvgIpc) is 1.88. The van der Waals surface area contributed by atoms with Crippen molar-refractivity contribution < 1.29 is 23.6 Å². The quantitative estimate of drug-likeness (QED) is 0.487. The van der Waals surface area contributed by atoms with Crippen molar-refractivity contribution in [2.45, 2.75) is 6.92 Å². The van der Waals surface area contributed by atoms with Gasteiger partial charge in [0.25, 0.3) is 0 Å². The second kappa shape index (κ2) is 4.46. The number of ether oxygens (including phenoxy) is 1. The van der Waals surface area contributed by atoms with E-state index < -0.39 is 13.3 Å². The van der Waals surface area contributed by atoms with Crippen molar-refractivity contribution in [3.05, 3.63) is 0 Å². The Bertz CT molecular complexity index is 181. The molecule has 0 saturated carbocycles. The van der Waals surface area contributed by atoms with Gasteiger partial charge < -0.3 is 9.63 Å². The summed E-state index contributed by atoms with van der Waals surface area (Å²) >= 11 is 0. The number of carbonyl (C=O) groups excluding carboxylic acids is 1. The Hall–Kier alpha value is -0.420. The third-order valence-corrected chi connectivity index (χ3v) is 1.73. The second-order valence-electron chi connectivity index (χ2n) is 1.51. The molecule has 66 valence electrons. The summed E-state index contributed by atoms with van der Waals surface area (Å²) in [5.41, 5.74) is 0.678. The Morgan fingerprint density at radius 3 is 2.64 bits per heavy atom. The van der Waals surface area contributed by atoms with Crippen molar-refractivity contribution in [3.8, 4) is 0 Å². The molecular formula is C4H10NO5P. The number of hydrogen-bond donors (Lipinski definition) is 2. The van der Waals surface area contributed by atoms with E-state index in [0.29, 0.717) is 0 Å². The molecule has 6 nitrogen and oxygen atoms in total. The van der Waals surface area contributed by atoms with Crippen LogP contribution in [-0.4, -0.2) is 24.3 Å². The minimum atomic E-state index is -4.27. The molecule has 1 unspecified atom stereocenters. The molecule has 0 aliphatic carbocycles. The van der Waals surface area contributed by atoms with Gasteiger partial charge in [0.05, 0.1) is 6.61 Å². The van der Waals surface area contributed by atoms with Crippen molar-refractivity contribution in [3.63, 3.8) is 0 Å². The molecule has 0 aliphatic heterocycles. The number of hydroxylamine groups is 1. The van der Waals surface area contributed by atoms with Crippen LogP contribution in [0.1, 0.15) is 6.92 Å². The number of carbonyl (C=O) groups is 1. The van der Waals surface area contributed by atoms with Crippen molar-refractivity contribution >= 4 is 13.3 Å². The van der Waals surface area contributed by atoms with Crippen LogP contribution >= 0.6 is 7.60 Å². The molecular weight excluding hydrogens is 173 g/mol. The van der Waals surface area contributed by atoms with Gasteiger partial charge in [0.1, 0.15) is 0 Å². The molecule has 0 amide bonds. The van der Waals surface area contributed by atoms with Crippen LogP contribution < -0.4 is 5.48 Å². The summed E-state index contributed by atoms with van der Waals surface area (Å²) < 4.78 is 19.0. The summed E-state index contributed by atoms with van der Waals surface area (Å²) in [4.78, 5) is 19.3. The minimum absolute atomic E-state index is 0.0382. The minimum Gasteiger partial charge on any atom is -0.457 e. The standard InChI is InChI=1S/C4H10NO5P/c1-3-9-4(6)11(7,8)10-5-2/h5H,3H2,1-2H3,(H,7,8). The number of rotatable bonds is 4. The lowest BCUT2D eigenvalue weighted by molar-refractivity contribution is 0.146. The number of hydrogen-bond acceptors (Lipinski definition) is 5. The van der Waals surface area contributed by atoms with E-state index in [2.05, 4.69) is 9.36 Å². The predicted molar refractivity (Wildman–Crippen MR) is 37.0 cm³/mol. The zero-order valence-corrected chi connectivity index (χ0v) is 7.13. The first-order valence-corrected chi connectivity index (χ1v) is 4.47. The number of nitrogens with one attached hydrogen (secondary N) is 1. The second-order valence-corrected chi connectivity index (χ2v) is 3.10. The van der Waals surface area contributed by atoms with Gasteiger partial charge in [0.2, 0.25) is 0 Å². The monoisotopic (exact) mass is 183 g/mol. The van der Waals surface area contributed by atoms with Gasteiger partial charge in [-0.25, -0.2) is 14.0 Å². The van der Waals surface area contributed by atoms with Crippen LogP contribution in [0.25, 0.3) is 0 Å². The fourth-order valence-corrected chi connectivity index (χ4v) is 0.980. The summed E-state index contributed by atoms with van der Waals surface area (Å²) in [5, 5.41) is 0. The van der Waals surface area contributed by atoms with Gasteiger partial charge in [0, 0.05) is 7.05 Å². The molecule has 0 aliphatic rings. The molecule has 2 N–H and O–H groups in total. The third-order valence-electron chi connectivity index (χ3n) is 0.714. The average molecular weight is 183 g/mol. The smallest absolute Gasteiger partial charge is 0.451 e. The maximum Gasteiger partial charge on any atom is 0.451 e. The normalized spacial score (nSPS) is 15.5. The van der Waals surface area contributed by atoms with Crippen molar-refractivity contribution in [1.82, 2.24) is 5.48 Å². The van der Waals surface area contributed by atoms with Gasteiger partial charge in [-0.3, -0.25) is 0 Å². The van der Waals surface area contributed by atoms with E-state index in [4.69, 9.17) is 4.89 Å². The first-order valence-electron chi connectivity index (χ1n) is 2.90. The largest absolute Gasteiger partial charge is 0.457 e. The molecule has 0 aromatic heterocycles. The summed E-state index contributed by atoms with van der Waals surface area (Å²) in [7, 11) is -3.01. The van der Waals surface area contributed by atoms with Gasteiger partial charge in [-0.1, -0.05) is 0 Å². The Labute approximate surface area is 64.0 Å². The highest BCUT2D eigenvalue weighted by Gasteiger charge is 2.32. The van der Waals surface area contributed by atoms with Gasteiger partial charge >= 0.3 is 13.3 Å². The van der Waals surface area contributed by atoms with Crippen molar-refractivity contribution in [2.75, 3.05) is 13.7 Å². The predicted octanol–water partition coefficient (Wildman–Crippen LogP) is 0.479. The molecule has 0 saturated heterocycles. The lowest BCUT2D eigenvalue weighted by Gasteiger charge is -2.07. The lowest BCUT2D eigenvalue weighted by Crippen LogP contribution is -2.12. The van der Waals surface area contributed by atoms with E-state index in [1.165, 1.54) is 14.0 Å². The van der Waals surface area contributed by atoms with Gasteiger partial charge in [0.15, 0.2) is 0 Å². The molecule has 11 heavy (non-hydrogen) atoms. The van der Waals surface area contributed by atoms with E-state index in [1.54, 1.807) is 0 Å². The van der Waals surface area contributed by atoms with Crippen LogP contribution in [0.4, 0.5) is 4.79 Å². The van der Waals surface area contributed by atoms with Gasteiger partial charge in [-0.05, 0) is 6.92 Å². The molecule has 0 aromatic carbocycles. The van der Waals surface area contributed by atoms with E-state index in [0.717, 1.165) is 0 Å². The fourth-order valence-electron chi connectivity index (χ4n) is 0.366. The van der Waals surface area contributed by atoms with Crippen LogP contribution in [0.15, 0.2) is 0 Å². The van der Waals surface area contributed by atoms with Crippen LogP contribution in [-0.2, 0) is 13.9 Å². The molecule has 0 spiro atoms. The Morgan fingerprint density at radius 1 is 1.73 bits per heavy atom. The first kappa shape index (κ1) is 10.6. The summed E-state index contributed by atoms with van der Waals surface area (Å²) in [6, 6.07) is 0. The molecule has 0 aromatic rings. The Kier molecular flexibility index (Phi) is 4.29. The first-order chi connectivity index (χ1) is 5.04.